The van der Waals surface area contributed by atoms with Gasteiger partial charge in [-0.05, 0) is 42.3 Å². The van der Waals surface area contributed by atoms with Crippen LogP contribution in [-0.4, -0.2) is 114 Å². The molecule has 6 rings (SSSR count). The van der Waals surface area contributed by atoms with Crippen LogP contribution in [0.4, 0.5) is 24.5 Å². The number of carboxylic acid groups (broad SMARTS) is 2. The third-order valence-corrected chi connectivity index (χ3v) is 8.53. The van der Waals surface area contributed by atoms with Gasteiger partial charge in [-0.25, -0.2) is 4.79 Å². The normalized spacial score (nSPS) is 20.3. The molecule has 4 aliphatic heterocycles. The number of imide groups is 2. The van der Waals surface area contributed by atoms with Crippen molar-refractivity contribution in [3.05, 3.63) is 59.2 Å². The molecule has 250 valence electrons. The molecule has 0 saturated carbocycles. The van der Waals surface area contributed by atoms with E-state index in [-0.39, 0.29) is 19.3 Å². The maximum Gasteiger partial charge on any atom is 0.490 e. The minimum atomic E-state index is -5.08. The highest BCUT2D eigenvalue weighted by Gasteiger charge is 2.45. The van der Waals surface area contributed by atoms with E-state index in [9.17, 15) is 37.1 Å². The summed E-state index contributed by atoms with van der Waals surface area (Å²) >= 11 is 0. The molecule has 0 spiro atoms. The van der Waals surface area contributed by atoms with Gasteiger partial charge in [-0.2, -0.15) is 13.2 Å². The predicted octanol–water partition coefficient (Wildman–Crippen LogP) is 1.61. The monoisotopic (exact) mass is 659 g/mol. The number of benzene rings is 2. The number of hydrogen-bond donors (Lipinski definition) is 3. The van der Waals surface area contributed by atoms with Crippen molar-refractivity contribution in [3.63, 3.8) is 0 Å². The number of carbonyl (C=O) groups excluding carboxylic acids is 4. The summed E-state index contributed by atoms with van der Waals surface area (Å²) < 4.78 is 31.7. The molecule has 0 radical (unpaired) electrons. The van der Waals surface area contributed by atoms with E-state index in [1.807, 2.05) is 30.3 Å². The molecule has 1 atom stereocenters. The first-order chi connectivity index (χ1) is 22.2. The molecule has 4 amide bonds. The van der Waals surface area contributed by atoms with Crippen LogP contribution in [-0.2, 0) is 25.6 Å². The third kappa shape index (κ3) is 7.53. The minimum absolute atomic E-state index is 0.0373. The molecule has 3 fully saturated rings. The molecule has 2 aromatic carbocycles. The first-order valence-corrected chi connectivity index (χ1v) is 14.9. The number of fused-ring (bicyclic) bond motifs is 1. The van der Waals surface area contributed by atoms with Gasteiger partial charge in [0.15, 0.2) is 0 Å². The van der Waals surface area contributed by atoms with E-state index in [4.69, 9.17) is 15.0 Å². The topological polar surface area (TPSA) is 168 Å². The Morgan fingerprint density at radius 2 is 1.43 bits per heavy atom. The Hall–Kier alpha value is -4.99. The lowest BCUT2D eigenvalue weighted by Gasteiger charge is -2.45. The lowest BCUT2D eigenvalue weighted by Crippen LogP contribution is -2.55. The summed E-state index contributed by atoms with van der Waals surface area (Å²) in [5.74, 6) is -4.98. The Labute approximate surface area is 266 Å². The Morgan fingerprint density at radius 3 is 2.00 bits per heavy atom. The molecule has 1 unspecified atom stereocenters. The third-order valence-electron chi connectivity index (χ3n) is 8.53. The van der Waals surface area contributed by atoms with Crippen molar-refractivity contribution in [3.8, 4) is 0 Å². The average Bonchev–Trinajstić information content (AvgIpc) is 3.24. The number of piperidine rings is 1. The molecular weight excluding hydrogens is 627 g/mol. The SMILES string of the molecule is O=C(O)C(F)(F)F.O=C(O)Cc1ccc(N2CC(CN3CCN(c4ccc5c(c4)C(=O)N(C4CCC(=O)NC4=O)C5=O)CC3)C2)cc1. The lowest BCUT2D eigenvalue weighted by molar-refractivity contribution is -0.192. The van der Waals surface area contributed by atoms with Crippen molar-refractivity contribution in [1.82, 2.24) is 15.1 Å². The maximum atomic E-state index is 13.2. The zero-order valence-electron chi connectivity index (χ0n) is 25.0. The Morgan fingerprint density at radius 1 is 0.830 bits per heavy atom. The lowest BCUT2D eigenvalue weighted by atomic mass is 9.97. The number of carbonyl (C=O) groups is 6. The van der Waals surface area contributed by atoms with Crippen LogP contribution in [0, 0.1) is 5.92 Å². The average molecular weight is 660 g/mol. The van der Waals surface area contributed by atoms with E-state index in [1.165, 1.54) is 0 Å². The molecule has 3 saturated heterocycles. The summed E-state index contributed by atoms with van der Waals surface area (Å²) in [5.41, 5.74) is 3.40. The van der Waals surface area contributed by atoms with Crippen LogP contribution in [0.3, 0.4) is 0 Å². The largest absolute Gasteiger partial charge is 0.490 e. The number of anilines is 2. The number of rotatable bonds is 7. The van der Waals surface area contributed by atoms with Crippen LogP contribution in [0.25, 0.3) is 0 Å². The molecule has 47 heavy (non-hydrogen) atoms. The zero-order chi connectivity index (χ0) is 34.0. The first kappa shape index (κ1) is 33.4. The molecule has 3 N–H and O–H groups in total. The second-order valence-corrected chi connectivity index (χ2v) is 11.8. The molecule has 0 aromatic heterocycles. The van der Waals surface area contributed by atoms with Gasteiger partial charge in [0.05, 0.1) is 17.5 Å². The van der Waals surface area contributed by atoms with Gasteiger partial charge in [0.25, 0.3) is 11.8 Å². The fraction of sp³-hybridized carbons (Fsp3) is 0.419. The number of amides is 4. The second kappa shape index (κ2) is 13.4. The zero-order valence-corrected chi connectivity index (χ0v) is 25.0. The summed E-state index contributed by atoms with van der Waals surface area (Å²) in [6.45, 7) is 6.36. The highest BCUT2D eigenvalue weighted by Crippen LogP contribution is 2.31. The van der Waals surface area contributed by atoms with Crippen LogP contribution in [0.15, 0.2) is 42.5 Å². The number of aliphatic carboxylic acids is 2. The summed E-state index contributed by atoms with van der Waals surface area (Å²) in [7, 11) is 0. The molecule has 0 bridgehead atoms. The van der Waals surface area contributed by atoms with E-state index < -0.39 is 47.8 Å². The number of nitrogens with one attached hydrogen (secondary N) is 1. The van der Waals surface area contributed by atoms with E-state index in [0.29, 0.717) is 17.0 Å². The summed E-state index contributed by atoms with van der Waals surface area (Å²) in [5, 5.41) is 18.3. The van der Waals surface area contributed by atoms with Gasteiger partial charge in [0.2, 0.25) is 11.8 Å². The van der Waals surface area contributed by atoms with E-state index >= 15 is 0 Å². The van der Waals surface area contributed by atoms with Gasteiger partial charge >= 0.3 is 18.1 Å². The van der Waals surface area contributed by atoms with Crippen molar-refractivity contribution in [1.29, 1.82) is 0 Å². The molecular formula is C31H32F3N5O8. The summed E-state index contributed by atoms with van der Waals surface area (Å²) in [6, 6.07) is 12.1. The first-order valence-electron chi connectivity index (χ1n) is 14.9. The van der Waals surface area contributed by atoms with Crippen LogP contribution in [0.2, 0.25) is 0 Å². The van der Waals surface area contributed by atoms with Crippen LogP contribution < -0.4 is 15.1 Å². The Balaban J connectivity index is 0.000000559. The van der Waals surface area contributed by atoms with Gasteiger partial charge in [-0.15, -0.1) is 0 Å². The number of halogens is 3. The molecule has 2 aromatic rings. The van der Waals surface area contributed by atoms with Crippen molar-refractivity contribution >= 4 is 46.9 Å². The van der Waals surface area contributed by atoms with Crippen LogP contribution in [0.5, 0.6) is 0 Å². The standard InChI is InChI=1S/C29H31N5O6.C2HF3O2/c35-25-8-7-24(27(38)30-25)34-28(39)22-6-5-21(14-23(22)29(34)40)32-11-9-31(10-12-32)15-19-16-33(17-19)20-3-1-18(2-4-20)13-26(36)37;3-2(4,5)1(6)7/h1-6,14,19,24H,7-13,15-17H2,(H,36,37)(H,30,35,38);(H,6,7). The number of nitrogens with zero attached hydrogens (tertiary/aromatic N) is 4. The van der Waals surface area contributed by atoms with Gasteiger partial charge in [-0.3, -0.25) is 39.1 Å². The maximum absolute atomic E-state index is 13.2. The van der Waals surface area contributed by atoms with Crippen LogP contribution >= 0.6 is 0 Å². The van der Waals surface area contributed by atoms with Crippen molar-refractivity contribution < 1.29 is 52.2 Å². The van der Waals surface area contributed by atoms with Gasteiger partial charge in [0, 0.05) is 69.5 Å². The number of carboxylic acids is 2. The molecule has 13 nitrogen and oxygen atoms in total. The number of piperazine rings is 1. The van der Waals surface area contributed by atoms with Gasteiger partial charge in [0.1, 0.15) is 6.04 Å². The number of alkyl halides is 3. The quantitative estimate of drug-likeness (QED) is 0.370. The molecule has 0 aliphatic carbocycles. The number of hydrogen-bond acceptors (Lipinski definition) is 9. The van der Waals surface area contributed by atoms with Crippen molar-refractivity contribution in [2.45, 2.75) is 31.5 Å². The summed E-state index contributed by atoms with van der Waals surface area (Å²) in [6.07, 6.45) is -4.81. The second-order valence-electron chi connectivity index (χ2n) is 11.8. The summed E-state index contributed by atoms with van der Waals surface area (Å²) in [4.78, 5) is 77.7. The van der Waals surface area contributed by atoms with Gasteiger partial charge < -0.3 is 20.0 Å². The van der Waals surface area contributed by atoms with E-state index in [1.54, 1.807) is 12.1 Å². The molecule has 4 aliphatic rings. The van der Waals surface area contributed by atoms with Crippen LogP contribution in [0.1, 0.15) is 39.1 Å². The Kier molecular flexibility index (Phi) is 9.51. The van der Waals surface area contributed by atoms with Gasteiger partial charge in [-0.1, -0.05) is 12.1 Å². The van der Waals surface area contributed by atoms with Crippen molar-refractivity contribution in [2.24, 2.45) is 5.92 Å². The predicted molar refractivity (Wildman–Crippen MR) is 159 cm³/mol. The highest BCUT2D eigenvalue weighted by atomic mass is 19.4. The van der Waals surface area contributed by atoms with E-state index in [2.05, 4.69) is 20.0 Å². The fourth-order valence-electron chi connectivity index (χ4n) is 6.10. The highest BCUT2D eigenvalue weighted by molar-refractivity contribution is 6.23. The smallest absolute Gasteiger partial charge is 0.481 e. The molecule has 4 heterocycles. The minimum Gasteiger partial charge on any atom is -0.481 e. The van der Waals surface area contributed by atoms with E-state index in [0.717, 1.165) is 67.7 Å². The fourth-order valence-corrected chi connectivity index (χ4v) is 6.10. The molecule has 16 heteroatoms. The Bertz CT molecular complexity index is 1580. The van der Waals surface area contributed by atoms with Crippen molar-refractivity contribution in [2.75, 3.05) is 55.6 Å².